The van der Waals surface area contributed by atoms with E-state index in [-0.39, 0.29) is 31.4 Å². The van der Waals surface area contributed by atoms with Crippen molar-refractivity contribution in [1.82, 2.24) is 25.9 Å². The summed E-state index contributed by atoms with van der Waals surface area (Å²) in [6, 6.07) is 10.1. The van der Waals surface area contributed by atoms with Gasteiger partial charge in [0.2, 0.25) is 23.6 Å². The number of fused-ring (bicyclic) bond motifs is 2. The van der Waals surface area contributed by atoms with Crippen LogP contribution in [0.2, 0.25) is 0 Å². The van der Waals surface area contributed by atoms with E-state index in [0.29, 0.717) is 5.56 Å². The molecule has 13 nitrogen and oxygen atoms in total. The summed E-state index contributed by atoms with van der Waals surface area (Å²) in [5, 5.41) is 18.8. The number of hydrogen-bond acceptors (Lipinski definition) is 7. The normalized spacial score (nSPS) is 14.0. The zero-order valence-electron chi connectivity index (χ0n) is 23.7. The molecule has 44 heavy (non-hydrogen) atoms. The third kappa shape index (κ3) is 7.96. The van der Waals surface area contributed by atoms with Crippen LogP contribution in [-0.2, 0) is 36.8 Å². The van der Waals surface area contributed by atoms with E-state index in [0.717, 1.165) is 27.4 Å². The van der Waals surface area contributed by atoms with Gasteiger partial charge in [-0.3, -0.25) is 19.2 Å². The van der Waals surface area contributed by atoms with Gasteiger partial charge < -0.3 is 42.5 Å². The number of para-hydroxylation sites is 2. The summed E-state index contributed by atoms with van der Waals surface area (Å²) < 4.78 is 0. The van der Waals surface area contributed by atoms with Crippen molar-refractivity contribution in [1.29, 1.82) is 0 Å². The number of carbonyl (C=O) groups excluding carboxylic acids is 4. The van der Waals surface area contributed by atoms with Crippen LogP contribution in [0.1, 0.15) is 24.0 Å². The molecule has 10 N–H and O–H groups in total. The highest BCUT2D eigenvalue weighted by molar-refractivity contribution is 7.80. The van der Waals surface area contributed by atoms with E-state index >= 15 is 0 Å². The Morgan fingerprint density at radius 2 is 1.25 bits per heavy atom. The quantitative estimate of drug-likeness (QED) is 0.0853. The summed E-state index contributed by atoms with van der Waals surface area (Å²) in [6.45, 7) is 0. The highest BCUT2D eigenvalue weighted by atomic mass is 32.1. The molecule has 2 aromatic heterocycles. The summed E-state index contributed by atoms with van der Waals surface area (Å²) in [5.41, 5.74) is 14.7. The lowest BCUT2D eigenvalue weighted by atomic mass is 10.0. The van der Waals surface area contributed by atoms with Crippen molar-refractivity contribution in [3.05, 3.63) is 72.1 Å². The fourth-order valence-electron chi connectivity index (χ4n) is 4.92. The minimum atomic E-state index is -1.30. The minimum Gasteiger partial charge on any atom is -0.480 e. The molecule has 2 heterocycles. The van der Waals surface area contributed by atoms with Crippen molar-refractivity contribution in [3.8, 4) is 0 Å². The number of carbonyl (C=O) groups is 5. The fourth-order valence-corrected chi connectivity index (χ4v) is 5.17. The monoisotopic (exact) mass is 621 g/mol. The van der Waals surface area contributed by atoms with Crippen LogP contribution in [0.4, 0.5) is 0 Å². The molecule has 0 saturated heterocycles. The number of carboxylic acids is 1. The van der Waals surface area contributed by atoms with Gasteiger partial charge in [0, 0.05) is 52.8 Å². The smallest absolute Gasteiger partial charge is 0.327 e. The predicted octanol–water partition coefficient (Wildman–Crippen LogP) is 0.496. The molecule has 0 aliphatic rings. The number of nitrogens with two attached hydrogens (primary N) is 2. The lowest BCUT2D eigenvalue weighted by Crippen LogP contribution is -2.58. The number of aromatic amines is 2. The van der Waals surface area contributed by atoms with Gasteiger partial charge >= 0.3 is 5.97 Å². The number of primary amides is 1. The Bertz CT molecular complexity index is 1670. The van der Waals surface area contributed by atoms with Crippen LogP contribution in [0.25, 0.3) is 21.8 Å². The first-order valence-corrected chi connectivity index (χ1v) is 14.6. The van der Waals surface area contributed by atoms with Crippen LogP contribution in [-0.4, -0.2) is 74.6 Å². The van der Waals surface area contributed by atoms with Crippen LogP contribution in [0.15, 0.2) is 60.9 Å². The standard InChI is InChI=1S/C30H35N7O6S/c31-20(11-16-13-33-21-7-3-1-5-18(16)21)27(39)35-23(9-10-26(32)38)28(40)36-24(29(41)37-25(15-44)30(42)43)12-17-14-34-22-8-4-2-6-19(17)22/h1-8,13-14,20,23-25,33-34,44H,9-12,15,31H2,(H2,32,38)(H,35,39)(H,36,40)(H,37,41)(H,42,43). The number of hydrogen-bond donors (Lipinski definition) is 9. The second kappa shape index (κ2) is 14.6. The van der Waals surface area contributed by atoms with Crippen molar-refractivity contribution in [2.45, 2.75) is 49.9 Å². The third-order valence-electron chi connectivity index (χ3n) is 7.29. The van der Waals surface area contributed by atoms with Crippen LogP contribution in [0, 0.1) is 0 Å². The van der Waals surface area contributed by atoms with Crippen molar-refractivity contribution >= 4 is 64.0 Å². The van der Waals surface area contributed by atoms with E-state index in [1.807, 2.05) is 48.5 Å². The summed E-state index contributed by atoms with van der Waals surface area (Å²) in [7, 11) is 0. The molecule has 0 spiro atoms. The van der Waals surface area contributed by atoms with Crippen LogP contribution >= 0.6 is 12.6 Å². The van der Waals surface area contributed by atoms with Gasteiger partial charge in [0.1, 0.15) is 18.1 Å². The summed E-state index contributed by atoms with van der Waals surface area (Å²) >= 11 is 4.00. The van der Waals surface area contributed by atoms with Crippen molar-refractivity contribution in [2.75, 3.05) is 5.75 Å². The summed E-state index contributed by atoms with van der Waals surface area (Å²) in [4.78, 5) is 69.4. The first-order valence-electron chi connectivity index (χ1n) is 14.0. The summed E-state index contributed by atoms with van der Waals surface area (Å²) in [6.07, 6.45) is 3.25. The highest BCUT2D eigenvalue weighted by Crippen LogP contribution is 2.20. The molecule has 2 aromatic carbocycles. The molecule has 0 bridgehead atoms. The van der Waals surface area contributed by atoms with Gasteiger partial charge in [-0.25, -0.2) is 4.79 Å². The van der Waals surface area contributed by atoms with Gasteiger partial charge in [-0.05, 0) is 36.1 Å². The van der Waals surface area contributed by atoms with E-state index in [4.69, 9.17) is 11.5 Å². The van der Waals surface area contributed by atoms with E-state index in [9.17, 15) is 29.1 Å². The maximum Gasteiger partial charge on any atom is 0.327 e. The number of nitrogens with one attached hydrogen (secondary N) is 5. The van der Waals surface area contributed by atoms with Crippen LogP contribution in [0.5, 0.6) is 0 Å². The number of carboxylic acid groups (broad SMARTS) is 1. The van der Waals surface area contributed by atoms with E-state index in [1.165, 1.54) is 0 Å². The zero-order chi connectivity index (χ0) is 31.8. The van der Waals surface area contributed by atoms with Gasteiger partial charge in [-0.15, -0.1) is 0 Å². The SMILES string of the molecule is NC(=O)CCC(NC(=O)C(N)Cc1c[nH]c2ccccc12)C(=O)NC(Cc1c[nH]c2ccccc12)C(=O)NC(CS)C(=O)O. The molecule has 4 rings (SSSR count). The maximum absolute atomic E-state index is 13.6. The van der Waals surface area contributed by atoms with Gasteiger partial charge in [-0.1, -0.05) is 36.4 Å². The third-order valence-corrected chi connectivity index (χ3v) is 7.66. The number of thiol groups is 1. The molecule has 0 fully saturated rings. The molecule has 232 valence electrons. The van der Waals surface area contributed by atoms with Crippen molar-refractivity contribution in [3.63, 3.8) is 0 Å². The average Bonchev–Trinajstić information content (AvgIpc) is 3.61. The maximum atomic E-state index is 13.6. The first-order chi connectivity index (χ1) is 21.1. The average molecular weight is 622 g/mol. The number of aromatic nitrogens is 2. The molecule has 4 atom stereocenters. The van der Waals surface area contributed by atoms with Gasteiger partial charge in [-0.2, -0.15) is 12.6 Å². The topological polar surface area (TPSA) is 225 Å². The first kappa shape index (κ1) is 32.1. The van der Waals surface area contributed by atoms with Crippen molar-refractivity contribution in [2.24, 2.45) is 11.5 Å². The Balaban J connectivity index is 1.53. The molecule has 4 aromatic rings. The largest absolute Gasteiger partial charge is 0.480 e. The number of benzene rings is 2. The van der Waals surface area contributed by atoms with E-state index < -0.39 is 53.8 Å². The molecule has 0 radical (unpaired) electrons. The Morgan fingerprint density at radius 3 is 1.80 bits per heavy atom. The Labute approximate surface area is 257 Å². The van der Waals surface area contributed by atoms with E-state index in [2.05, 4.69) is 38.5 Å². The zero-order valence-corrected chi connectivity index (χ0v) is 24.6. The number of rotatable bonds is 15. The minimum absolute atomic E-state index is 0.00292. The Morgan fingerprint density at radius 1 is 0.750 bits per heavy atom. The van der Waals surface area contributed by atoms with Gasteiger partial charge in [0.15, 0.2) is 0 Å². The highest BCUT2D eigenvalue weighted by Gasteiger charge is 2.31. The lowest BCUT2D eigenvalue weighted by Gasteiger charge is -2.25. The molecular weight excluding hydrogens is 586 g/mol. The number of aliphatic carboxylic acids is 1. The molecule has 4 amide bonds. The van der Waals surface area contributed by atoms with Crippen LogP contribution in [0.3, 0.4) is 0 Å². The van der Waals surface area contributed by atoms with Crippen molar-refractivity contribution < 1.29 is 29.1 Å². The second-order valence-electron chi connectivity index (χ2n) is 10.4. The molecule has 4 unspecified atom stereocenters. The Hall–Kier alpha value is -4.82. The number of amides is 4. The lowest BCUT2D eigenvalue weighted by molar-refractivity contribution is -0.141. The molecule has 0 aliphatic carbocycles. The molecular formula is C30H35N7O6S. The number of H-pyrrole nitrogens is 2. The summed E-state index contributed by atoms with van der Waals surface area (Å²) in [5.74, 6) is -4.33. The van der Waals surface area contributed by atoms with Gasteiger partial charge in [0.25, 0.3) is 0 Å². The second-order valence-corrected chi connectivity index (χ2v) is 10.8. The molecule has 0 aliphatic heterocycles. The predicted molar refractivity (Wildman–Crippen MR) is 168 cm³/mol. The molecule has 14 heteroatoms. The molecule has 0 saturated carbocycles. The fraction of sp³-hybridized carbons (Fsp3) is 0.300. The van der Waals surface area contributed by atoms with Crippen LogP contribution < -0.4 is 27.4 Å². The van der Waals surface area contributed by atoms with Gasteiger partial charge in [0.05, 0.1) is 6.04 Å². The van der Waals surface area contributed by atoms with E-state index in [1.54, 1.807) is 12.4 Å². The Kier molecular flexibility index (Phi) is 10.6.